The molecule has 0 unspecified atom stereocenters. The van der Waals surface area contributed by atoms with Crippen molar-refractivity contribution in [3.8, 4) is 5.75 Å². The second-order valence-electron chi connectivity index (χ2n) is 6.72. The summed E-state index contributed by atoms with van der Waals surface area (Å²) in [6.45, 7) is 4.90. The molecule has 10 heteroatoms. The first-order valence-corrected chi connectivity index (χ1v) is 9.00. The first kappa shape index (κ1) is 25.1. The predicted molar refractivity (Wildman–Crippen MR) is 118 cm³/mol. The Morgan fingerprint density at radius 3 is 2.41 bits per heavy atom. The van der Waals surface area contributed by atoms with Crippen molar-refractivity contribution < 1.29 is 17.9 Å². The largest absolute Gasteiger partial charge is 0.484 e. The molecule has 0 atom stereocenters. The van der Waals surface area contributed by atoms with Crippen LogP contribution in [-0.4, -0.2) is 35.3 Å². The average Bonchev–Trinajstić information content (AvgIpc) is 3.06. The number of guanidine groups is 1. The van der Waals surface area contributed by atoms with E-state index < -0.39 is 12.8 Å². The molecule has 0 amide bonds. The molecule has 0 radical (unpaired) electrons. The number of nitrogens with zero attached hydrogens (tertiary/aromatic N) is 3. The fourth-order valence-corrected chi connectivity index (χ4v) is 2.50. The average molecular weight is 525 g/mol. The summed E-state index contributed by atoms with van der Waals surface area (Å²) < 4.78 is 43.3. The van der Waals surface area contributed by atoms with Gasteiger partial charge in [-0.15, -0.1) is 24.0 Å². The van der Waals surface area contributed by atoms with Gasteiger partial charge in [-0.3, -0.25) is 4.99 Å². The van der Waals surface area contributed by atoms with E-state index in [2.05, 4.69) is 39.0 Å². The number of ether oxygens (including phenoxy) is 1. The molecule has 0 aliphatic rings. The topological polar surface area (TPSA) is 63.5 Å². The SMILES string of the molecule is CN=C(NCc1ccc(OCC(F)(F)F)cc1)NCc1nccn1CC(C)C.I. The Morgan fingerprint density at radius 2 is 1.83 bits per heavy atom. The highest BCUT2D eigenvalue weighted by atomic mass is 127. The van der Waals surface area contributed by atoms with Gasteiger partial charge in [0, 0.05) is 32.5 Å². The number of aromatic nitrogens is 2. The van der Waals surface area contributed by atoms with Gasteiger partial charge in [-0.2, -0.15) is 13.2 Å². The zero-order chi connectivity index (χ0) is 20.6. The fourth-order valence-electron chi connectivity index (χ4n) is 2.50. The molecule has 0 aliphatic carbocycles. The highest BCUT2D eigenvalue weighted by Crippen LogP contribution is 2.18. The fraction of sp³-hybridized carbons (Fsp3) is 0.474. The van der Waals surface area contributed by atoms with Crippen molar-refractivity contribution in [1.82, 2.24) is 20.2 Å². The Bertz CT molecular complexity index is 760. The predicted octanol–water partition coefficient (Wildman–Crippen LogP) is 3.96. The van der Waals surface area contributed by atoms with Gasteiger partial charge in [-0.05, 0) is 23.6 Å². The van der Waals surface area contributed by atoms with E-state index in [-0.39, 0.29) is 29.7 Å². The highest BCUT2D eigenvalue weighted by molar-refractivity contribution is 14.0. The quantitative estimate of drug-likeness (QED) is 0.311. The molecule has 29 heavy (non-hydrogen) atoms. The lowest BCUT2D eigenvalue weighted by Crippen LogP contribution is -2.37. The highest BCUT2D eigenvalue weighted by Gasteiger charge is 2.28. The smallest absolute Gasteiger partial charge is 0.422 e. The van der Waals surface area contributed by atoms with Crippen LogP contribution in [0.4, 0.5) is 13.2 Å². The van der Waals surface area contributed by atoms with Crippen LogP contribution < -0.4 is 15.4 Å². The van der Waals surface area contributed by atoms with Crippen molar-refractivity contribution in [3.63, 3.8) is 0 Å². The van der Waals surface area contributed by atoms with Gasteiger partial charge in [-0.1, -0.05) is 26.0 Å². The van der Waals surface area contributed by atoms with Crippen LogP contribution in [0.5, 0.6) is 5.75 Å². The Hall–Kier alpha value is -1.98. The van der Waals surface area contributed by atoms with Gasteiger partial charge in [0.15, 0.2) is 12.6 Å². The van der Waals surface area contributed by atoms with E-state index in [0.717, 1.165) is 17.9 Å². The zero-order valence-electron chi connectivity index (χ0n) is 16.7. The number of alkyl halides is 3. The van der Waals surface area contributed by atoms with Crippen LogP contribution in [0, 0.1) is 5.92 Å². The first-order valence-electron chi connectivity index (χ1n) is 9.00. The van der Waals surface area contributed by atoms with Crippen LogP contribution in [-0.2, 0) is 19.6 Å². The lowest BCUT2D eigenvalue weighted by Gasteiger charge is -2.14. The van der Waals surface area contributed by atoms with Gasteiger partial charge in [0.1, 0.15) is 11.6 Å². The summed E-state index contributed by atoms with van der Waals surface area (Å²) in [7, 11) is 1.67. The number of halogens is 4. The third-order valence-corrected chi connectivity index (χ3v) is 3.79. The van der Waals surface area contributed by atoms with Crippen LogP contribution >= 0.6 is 24.0 Å². The van der Waals surface area contributed by atoms with E-state index >= 15 is 0 Å². The number of hydrogen-bond donors (Lipinski definition) is 2. The minimum Gasteiger partial charge on any atom is -0.484 e. The van der Waals surface area contributed by atoms with Crippen LogP contribution in [0.15, 0.2) is 41.7 Å². The van der Waals surface area contributed by atoms with Crippen molar-refractivity contribution in [2.45, 2.75) is 39.7 Å². The van der Waals surface area contributed by atoms with E-state index in [4.69, 9.17) is 4.74 Å². The van der Waals surface area contributed by atoms with Gasteiger partial charge >= 0.3 is 6.18 Å². The molecule has 0 aliphatic heterocycles. The molecule has 1 aromatic carbocycles. The van der Waals surface area contributed by atoms with E-state index in [1.54, 1.807) is 25.4 Å². The third-order valence-electron chi connectivity index (χ3n) is 3.79. The molecule has 0 spiro atoms. The molecule has 1 heterocycles. The third kappa shape index (κ3) is 9.37. The Kier molecular flexibility index (Phi) is 10.3. The molecule has 6 nitrogen and oxygen atoms in total. The number of nitrogens with one attached hydrogen (secondary N) is 2. The van der Waals surface area contributed by atoms with E-state index in [9.17, 15) is 13.2 Å². The molecule has 0 saturated carbocycles. The monoisotopic (exact) mass is 525 g/mol. The molecule has 2 N–H and O–H groups in total. The second-order valence-corrected chi connectivity index (χ2v) is 6.72. The van der Waals surface area contributed by atoms with E-state index in [1.807, 2.05) is 6.20 Å². The van der Waals surface area contributed by atoms with Gasteiger partial charge in [0.05, 0.1) is 6.54 Å². The minimum absolute atomic E-state index is 0. The van der Waals surface area contributed by atoms with Crippen molar-refractivity contribution >= 4 is 29.9 Å². The lowest BCUT2D eigenvalue weighted by molar-refractivity contribution is -0.153. The van der Waals surface area contributed by atoms with E-state index in [1.165, 1.54) is 12.1 Å². The Balaban J connectivity index is 0.00000420. The molecule has 162 valence electrons. The number of imidazole rings is 1. The minimum atomic E-state index is -4.34. The van der Waals surface area contributed by atoms with Crippen molar-refractivity contribution in [1.29, 1.82) is 0 Å². The lowest BCUT2D eigenvalue weighted by atomic mass is 10.2. The van der Waals surface area contributed by atoms with Crippen molar-refractivity contribution in [2.24, 2.45) is 10.9 Å². The summed E-state index contributed by atoms with van der Waals surface area (Å²) in [5.74, 6) is 2.23. The normalized spacial score (nSPS) is 11.9. The molecular weight excluding hydrogens is 498 g/mol. The number of rotatable bonds is 8. The number of aliphatic imine (C=N–C) groups is 1. The molecule has 0 saturated heterocycles. The van der Waals surface area contributed by atoms with Crippen LogP contribution in [0.2, 0.25) is 0 Å². The number of hydrogen-bond acceptors (Lipinski definition) is 3. The summed E-state index contributed by atoms with van der Waals surface area (Å²) >= 11 is 0. The molecule has 0 bridgehead atoms. The summed E-state index contributed by atoms with van der Waals surface area (Å²) in [6, 6.07) is 6.45. The number of benzene rings is 1. The summed E-state index contributed by atoms with van der Waals surface area (Å²) in [5, 5.41) is 6.38. The van der Waals surface area contributed by atoms with Crippen LogP contribution in [0.1, 0.15) is 25.2 Å². The Morgan fingerprint density at radius 1 is 1.17 bits per heavy atom. The Labute approximate surface area is 186 Å². The molecule has 2 aromatic rings. The van der Waals surface area contributed by atoms with Gasteiger partial charge in [0.25, 0.3) is 0 Å². The molecule has 2 rings (SSSR count). The standard InChI is InChI=1S/C19H26F3N5O.HI/c1-14(2)12-27-9-8-24-17(27)11-26-18(23-3)25-10-15-4-6-16(7-5-15)28-13-19(20,21)22;/h4-9,14H,10-13H2,1-3H3,(H2,23,25,26);1H. The van der Waals surface area contributed by atoms with Crippen molar-refractivity contribution in [3.05, 3.63) is 48.0 Å². The first-order chi connectivity index (χ1) is 13.3. The summed E-state index contributed by atoms with van der Waals surface area (Å²) in [6.07, 6.45) is -0.615. The maximum Gasteiger partial charge on any atom is 0.422 e. The maximum absolute atomic E-state index is 12.2. The zero-order valence-corrected chi connectivity index (χ0v) is 19.0. The van der Waals surface area contributed by atoms with Gasteiger partial charge in [-0.25, -0.2) is 4.98 Å². The van der Waals surface area contributed by atoms with Gasteiger partial charge < -0.3 is 19.9 Å². The summed E-state index contributed by atoms with van der Waals surface area (Å²) in [5.41, 5.74) is 0.892. The van der Waals surface area contributed by atoms with Crippen LogP contribution in [0.25, 0.3) is 0 Å². The van der Waals surface area contributed by atoms with E-state index in [0.29, 0.717) is 25.0 Å². The second kappa shape index (κ2) is 11.9. The molecule has 1 aromatic heterocycles. The van der Waals surface area contributed by atoms with Crippen LogP contribution in [0.3, 0.4) is 0 Å². The maximum atomic E-state index is 12.2. The summed E-state index contributed by atoms with van der Waals surface area (Å²) in [4.78, 5) is 8.54. The molecular formula is C19H27F3IN5O. The van der Waals surface area contributed by atoms with Crippen molar-refractivity contribution in [2.75, 3.05) is 13.7 Å². The molecule has 0 fully saturated rings. The van der Waals surface area contributed by atoms with Gasteiger partial charge in [0.2, 0.25) is 0 Å².